The second kappa shape index (κ2) is 6.69. The summed E-state index contributed by atoms with van der Waals surface area (Å²) in [7, 11) is 0. The maximum atomic E-state index is 6.12. The summed E-state index contributed by atoms with van der Waals surface area (Å²) in [5.41, 5.74) is 2.13. The van der Waals surface area contributed by atoms with Crippen molar-refractivity contribution < 1.29 is 9.47 Å². The highest BCUT2D eigenvalue weighted by atomic mass is 79.9. The molecule has 1 aliphatic rings. The minimum atomic E-state index is 0.512. The van der Waals surface area contributed by atoms with E-state index in [0.29, 0.717) is 25.0 Å². The molecule has 21 heavy (non-hydrogen) atoms. The second-order valence-corrected chi connectivity index (χ2v) is 6.10. The van der Waals surface area contributed by atoms with Gasteiger partial charge in [-0.15, -0.1) is 0 Å². The average molecular weight is 369 g/mol. The lowest BCUT2D eigenvalue weighted by molar-refractivity contribution is 0.115. The largest absolute Gasteiger partial charge is 0.488 e. The van der Waals surface area contributed by atoms with Gasteiger partial charge in [0.15, 0.2) is 5.75 Å². The highest BCUT2D eigenvalue weighted by Crippen LogP contribution is 2.40. The summed E-state index contributed by atoms with van der Waals surface area (Å²) < 4.78 is 12.4. The van der Waals surface area contributed by atoms with Crippen molar-refractivity contribution in [2.24, 2.45) is 0 Å². The molecule has 0 saturated heterocycles. The Morgan fingerprint density at radius 3 is 2.86 bits per heavy atom. The molecule has 0 unspecified atom stereocenters. The van der Waals surface area contributed by atoms with Crippen molar-refractivity contribution in [1.29, 1.82) is 0 Å². The van der Waals surface area contributed by atoms with E-state index in [1.165, 1.54) is 5.56 Å². The van der Waals surface area contributed by atoms with E-state index in [0.717, 1.165) is 22.5 Å². The monoisotopic (exact) mass is 367 g/mol. The Bertz CT molecular complexity index is 621. The molecular formula is C16H15BrClNO2. The van der Waals surface area contributed by atoms with Crippen molar-refractivity contribution in [3.63, 3.8) is 0 Å². The second-order valence-electron chi connectivity index (χ2n) is 4.81. The Hall–Kier alpha value is -1.23. The maximum Gasteiger partial charge on any atom is 0.157 e. The normalized spacial score (nSPS) is 13.7. The van der Waals surface area contributed by atoms with Crippen LogP contribution in [-0.2, 0) is 11.3 Å². The van der Waals surface area contributed by atoms with Crippen LogP contribution in [0.15, 0.2) is 46.9 Å². The van der Waals surface area contributed by atoms with Crippen LogP contribution in [0.5, 0.6) is 5.75 Å². The number of benzene rings is 2. The Kier molecular flexibility index (Phi) is 4.68. The van der Waals surface area contributed by atoms with Gasteiger partial charge in [0.25, 0.3) is 0 Å². The lowest BCUT2D eigenvalue weighted by atomic mass is 10.2. The number of fused-ring (bicyclic) bond motifs is 1. The highest BCUT2D eigenvalue weighted by molar-refractivity contribution is 9.10. The van der Waals surface area contributed by atoms with E-state index >= 15 is 0 Å². The van der Waals surface area contributed by atoms with Gasteiger partial charge < -0.3 is 14.4 Å². The lowest BCUT2D eigenvalue weighted by Crippen LogP contribution is -2.34. The summed E-state index contributed by atoms with van der Waals surface area (Å²) in [5, 5.41) is 0.680. The van der Waals surface area contributed by atoms with Gasteiger partial charge >= 0.3 is 0 Å². The Morgan fingerprint density at radius 2 is 2.05 bits per heavy atom. The standard InChI is InChI=1S/C16H15BrClNO2/c17-14-8-13(18)9-15-16(14)21-7-6-19(15)11-20-10-12-4-2-1-3-5-12/h1-5,8-9H,6-7,10-11H2. The van der Waals surface area contributed by atoms with Crippen LogP contribution in [0.25, 0.3) is 0 Å². The molecule has 0 atom stereocenters. The molecule has 3 nitrogen and oxygen atoms in total. The van der Waals surface area contributed by atoms with Crippen molar-refractivity contribution in [2.45, 2.75) is 6.61 Å². The molecule has 0 radical (unpaired) electrons. The van der Waals surface area contributed by atoms with Crippen molar-refractivity contribution in [3.8, 4) is 5.75 Å². The Labute approximate surface area is 137 Å². The van der Waals surface area contributed by atoms with Crippen molar-refractivity contribution in [2.75, 3.05) is 24.8 Å². The summed E-state index contributed by atoms with van der Waals surface area (Å²) in [6.45, 7) is 2.53. The molecule has 0 aliphatic carbocycles. The third-order valence-corrected chi connectivity index (χ3v) is 4.10. The average Bonchev–Trinajstić information content (AvgIpc) is 2.49. The fourth-order valence-corrected chi connectivity index (χ4v) is 3.19. The number of anilines is 1. The van der Waals surface area contributed by atoms with Gasteiger partial charge in [-0.1, -0.05) is 41.9 Å². The molecule has 1 heterocycles. The predicted octanol–water partition coefficient (Wildman–Crippen LogP) is 4.48. The molecule has 0 spiro atoms. The zero-order valence-corrected chi connectivity index (χ0v) is 13.7. The van der Waals surface area contributed by atoms with Crippen LogP contribution in [0.2, 0.25) is 5.02 Å². The highest BCUT2D eigenvalue weighted by Gasteiger charge is 2.21. The fraction of sp³-hybridized carbons (Fsp3) is 0.250. The zero-order chi connectivity index (χ0) is 14.7. The molecular weight excluding hydrogens is 354 g/mol. The number of hydrogen-bond donors (Lipinski definition) is 0. The molecule has 0 aromatic heterocycles. The summed E-state index contributed by atoms with van der Waals surface area (Å²) in [5.74, 6) is 0.828. The van der Waals surface area contributed by atoms with Crippen LogP contribution >= 0.6 is 27.5 Å². The third-order valence-electron chi connectivity index (χ3n) is 3.30. The lowest BCUT2D eigenvalue weighted by Gasteiger charge is -2.31. The van der Waals surface area contributed by atoms with Gasteiger partial charge in [-0.05, 0) is 33.6 Å². The van der Waals surface area contributed by atoms with E-state index in [1.54, 1.807) is 0 Å². The molecule has 110 valence electrons. The van der Waals surface area contributed by atoms with E-state index in [-0.39, 0.29) is 0 Å². The van der Waals surface area contributed by atoms with Gasteiger partial charge in [-0.3, -0.25) is 0 Å². The smallest absolute Gasteiger partial charge is 0.157 e. The van der Waals surface area contributed by atoms with Gasteiger partial charge in [-0.2, -0.15) is 0 Å². The van der Waals surface area contributed by atoms with E-state index < -0.39 is 0 Å². The predicted molar refractivity (Wildman–Crippen MR) is 88.1 cm³/mol. The van der Waals surface area contributed by atoms with E-state index in [4.69, 9.17) is 21.1 Å². The van der Waals surface area contributed by atoms with E-state index in [2.05, 4.69) is 33.0 Å². The molecule has 3 rings (SSSR count). The van der Waals surface area contributed by atoms with E-state index in [9.17, 15) is 0 Å². The Balaban J connectivity index is 1.68. The minimum Gasteiger partial charge on any atom is -0.488 e. The quantitative estimate of drug-likeness (QED) is 0.794. The molecule has 5 heteroatoms. The first-order valence-corrected chi connectivity index (χ1v) is 7.89. The molecule has 0 fully saturated rings. The van der Waals surface area contributed by atoms with Crippen molar-refractivity contribution in [1.82, 2.24) is 0 Å². The molecule has 0 saturated carbocycles. The molecule has 0 amide bonds. The number of hydrogen-bond acceptors (Lipinski definition) is 3. The van der Waals surface area contributed by atoms with E-state index in [1.807, 2.05) is 30.3 Å². The summed E-state index contributed by atoms with van der Waals surface area (Å²) in [4.78, 5) is 2.14. The van der Waals surface area contributed by atoms with Gasteiger partial charge in [0.2, 0.25) is 0 Å². The van der Waals surface area contributed by atoms with Crippen molar-refractivity contribution >= 4 is 33.2 Å². The molecule has 0 N–H and O–H groups in total. The number of nitrogens with zero attached hydrogens (tertiary/aromatic N) is 1. The zero-order valence-electron chi connectivity index (χ0n) is 11.4. The topological polar surface area (TPSA) is 21.7 Å². The van der Waals surface area contributed by atoms with Crippen molar-refractivity contribution in [3.05, 3.63) is 57.5 Å². The first-order chi connectivity index (χ1) is 10.2. The summed E-state index contributed by atoms with van der Waals surface area (Å²) >= 11 is 9.61. The minimum absolute atomic E-state index is 0.512. The van der Waals surface area contributed by atoms with Crippen LogP contribution in [0.3, 0.4) is 0 Å². The molecule has 2 aromatic carbocycles. The number of rotatable bonds is 4. The molecule has 0 bridgehead atoms. The van der Waals surface area contributed by atoms with Crippen LogP contribution in [0.4, 0.5) is 5.69 Å². The van der Waals surface area contributed by atoms with Crippen LogP contribution in [0.1, 0.15) is 5.56 Å². The first kappa shape index (κ1) is 14.7. The van der Waals surface area contributed by atoms with Gasteiger partial charge in [0.05, 0.1) is 23.3 Å². The van der Waals surface area contributed by atoms with Gasteiger partial charge in [-0.25, -0.2) is 0 Å². The van der Waals surface area contributed by atoms with Gasteiger partial charge in [0.1, 0.15) is 13.3 Å². The van der Waals surface area contributed by atoms with Crippen LogP contribution in [-0.4, -0.2) is 19.9 Å². The number of halogens is 2. The molecule has 1 aliphatic heterocycles. The summed E-state index contributed by atoms with van der Waals surface area (Å²) in [6, 6.07) is 13.9. The number of ether oxygens (including phenoxy) is 2. The maximum absolute atomic E-state index is 6.12. The summed E-state index contributed by atoms with van der Waals surface area (Å²) in [6.07, 6.45) is 0. The first-order valence-electron chi connectivity index (χ1n) is 6.72. The van der Waals surface area contributed by atoms with Gasteiger partial charge in [0, 0.05) is 5.02 Å². The Morgan fingerprint density at radius 1 is 1.24 bits per heavy atom. The van der Waals surface area contributed by atoms with Crippen LogP contribution in [0, 0.1) is 0 Å². The fourth-order valence-electron chi connectivity index (χ4n) is 2.28. The van der Waals surface area contributed by atoms with Crippen LogP contribution < -0.4 is 9.64 Å². The third kappa shape index (κ3) is 3.51. The molecule has 2 aromatic rings. The SMILES string of the molecule is Clc1cc(Br)c2c(c1)N(COCc1ccccc1)CCO2.